The minimum atomic E-state index is -0.137. The average molecular weight is 444 g/mol. The van der Waals surface area contributed by atoms with Crippen molar-refractivity contribution in [1.29, 1.82) is 0 Å². The molecule has 1 amide bonds. The summed E-state index contributed by atoms with van der Waals surface area (Å²) in [7, 11) is 0. The average Bonchev–Trinajstić information content (AvgIpc) is 3.22. The number of anilines is 1. The molecule has 3 aromatic rings. The lowest BCUT2D eigenvalue weighted by Gasteiger charge is -2.14. The number of rotatable bonds is 4. The summed E-state index contributed by atoms with van der Waals surface area (Å²) in [4.78, 5) is 15.9. The summed E-state index contributed by atoms with van der Waals surface area (Å²) < 4.78 is 6.36. The normalized spacial score (nSPS) is 15.6. The molecule has 4 rings (SSSR count). The molecule has 0 saturated carbocycles. The number of amides is 1. The third-order valence-electron chi connectivity index (χ3n) is 3.99. The van der Waals surface area contributed by atoms with Gasteiger partial charge in [0.25, 0.3) is 5.91 Å². The molecule has 1 aliphatic heterocycles. The third kappa shape index (κ3) is 4.20. The highest BCUT2D eigenvalue weighted by Gasteiger charge is 2.33. The maximum atomic E-state index is 12.8. The van der Waals surface area contributed by atoms with Crippen molar-refractivity contribution >= 4 is 69.3 Å². The Hall–Kier alpha value is -1.99. The zero-order valence-corrected chi connectivity index (χ0v) is 17.9. The predicted molar refractivity (Wildman–Crippen MR) is 121 cm³/mol. The Kier molecular flexibility index (Phi) is 5.64. The minimum Gasteiger partial charge on any atom is -0.450 e. The van der Waals surface area contributed by atoms with E-state index in [9.17, 15) is 4.79 Å². The van der Waals surface area contributed by atoms with Gasteiger partial charge in [-0.25, -0.2) is 0 Å². The molecule has 0 bridgehead atoms. The topological polar surface area (TPSA) is 33.5 Å². The van der Waals surface area contributed by atoms with Crippen molar-refractivity contribution in [1.82, 2.24) is 0 Å². The fourth-order valence-corrected chi connectivity index (χ4v) is 4.78. The summed E-state index contributed by atoms with van der Waals surface area (Å²) in [5.74, 6) is 0.475. The van der Waals surface area contributed by atoms with Gasteiger partial charge in [0.1, 0.15) is 5.76 Å². The van der Waals surface area contributed by atoms with E-state index in [1.807, 2.05) is 67.6 Å². The monoisotopic (exact) mass is 443 g/mol. The molecule has 1 fully saturated rings. The molecule has 2 heterocycles. The highest BCUT2D eigenvalue weighted by molar-refractivity contribution is 8.27. The second-order valence-electron chi connectivity index (χ2n) is 6.07. The van der Waals surface area contributed by atoms with Crippen molar-refractivity contribution in [3.05, 3.63) is 81.9 Å². The molecule has 1 saturated heterocycles. The maximum Gasteiger partial charge on any atom is 0.270 e. The van der Waals surface area contributed by atoms with Crippen LogP contribution in [0.25, 0.3) is 6.08 Å². The Bertz CT molecular complexity index is 1070. The van der Waals surface area contributed by atoms with Gasteiger partial charge in [0.2, 0.25) is 0 Å². The van der Waals surface area contributed by atoms with Gasteiger partial charge in [-0.1, -0.05) is 65.0 Å². The molecule has 0 atom stereocenters. The fraction of sp³-hybridized carbons (Fsp3) is 0.0476. The molecule has 0 aliphatic carbocycles. The molecule has 2 aromatic carbocycles. The van der Waals surface area contributed by atoms with Crippen LogP contribution >= 0.6 is 47.3 Å². The maximum absolute atomic E-state index is 12.8. The van der Waals surface area contributed by atoms with Crippen molar-refractivity contribution in [3.8, 4) is 0 Å². The van der Waals surface area contributed by atoms with Gasteiger partial charge in [0.05, 0.1) is 10.6 Å². The standard InChI is InChI=1S/C21H14ClNO2S3/c1-13-2-6-15(7-3-13)23-20(24)18(28-21(23)26)12-16-8-11-19(25-16)27-17-9-4-14(22)5-10-17/h2-12H,1H3/b18-12+. The van der Waals surface area contributed by atoms with Gasteiger partial charge in [-0.2, -0.15) is 0 Å². The van der Waals surface area contributed by atoms with Crippen molar-refractivity contribution in [2.75, 3.05) is 4.90 Å². The number of hydrogen-bond donors (Lipinski definition) is 0. The van der Waals surface area contributed by atoms with Crippen LogP contribution in [0.1, 0.15) is 11.3 Å². The van der Waals surface area contributed by atoms with Crippen LogP contribution in [0.3, 0.4) is 0 Å². The first-order chi connectivity index (χ1) is 13.5. The van der Waals surface area contributed by atoms with E-state index >= 15 is 0 Å². The van der Waals surface area contributed by atoms with E-state index < -0.39 is 0 Å². The lowest BCUT2D eigenvalue weighted by atomic mass is 10.2. The number of nitrogens with zero attached hydrogens (tertiary/aromatic N) is 1. The Morgan fingerprint density at radius 2 is 1.79 bits per heavy atom. The number of aryl methyl sites for hydroxylation is 1. The van der Waals surface area contributed by atoms with Gasteiger partial charge in [0, 0.05) is 16.0 Å². The third-order valence-corrected chi connectivity index (χ3v) is 6.48. The van der Waals surface area contributed by atoms with Gasteiger partial charge in [-0.15, -0.1) is 0 Å². The number of furan rings is 1. The molecule has 1 aromatic heterocycles. The first kappa shape index (κ1) is 19.3. The number of thiocarbonyl (C=S) groups is 1. The number of carbonyl (C=O) groups is 1. The molecule has 3 nitrogen and oxygen atoms in total. The summed E-state index contributed by atoms with van der Waals surface area (Å²) >= 11 is 14.1. The second kappa shape index (κ2) is 8.17. The zero-order chi connectivity index (χ0) is 19.7. The molecule has 0 N–H and O–H groups in total. The van der Waals surface area contributed by atoms with Gasteiger partial charge in [-0.05, 0) is 55.5 Å². The largest absolute Gasteiger partial charge is 0.450 e. The van der Waals surface area contributed by atoms with E-state index in [2.05, 4.69) is 0 Å². The Morgan fingerprint density at radius 3 is 2.50 bits per heavy atom. The lowest BCUT2D eigenvalue weighted by molar-refractivity contribution is -0.113. The summed E-state index contributed by atoms with van der Waals surface area (Å²) in [6.07, 6.45) is 1.74. The van der Waals surface area contributed by atoms with Crippen LogP contribution in [0.2, 0.25) is 5.02 Å². The highest BCUT2D eigenvalue weighted by Crippen LogP contribution is 2.37. The number of thioether (sulfide) groups is 1. The fourth-order valence-electron chi connectivity index (χ4n) is 2.60. The highest BCUT2D eigenvalue weighted by atomic mass is 35.5. The quantitative estimate of drug-likeness (QED) is 0.327. The van der Waals surface area contributed by atoms with Gasteiger partial charge < -0.3 is 4.42 Å². The predicted octanol–water partition coefficient (Wildman–Crippen LogP) is 6.80. The van der Waals surface area contributed by atoms with Crippen LogP contribution in [0.5, 0.6) is 0 Å². The number of carbonyl (C=O) groups excluding carboxylic acids is 1. The first-order valence-electron chi connectivity index (χ1n) is 8.37. The van der Waals surface area contributed by atoms with E-state index in [0.717, 1.165) is 21.2 Å². The van der Waals surface area contributed by atoms with Crippen molar-refractivity contribution < 1.29 is 9.21 Å². The summed E-state index contributed by atoms with van der Waals surface area (Å²) in [5, 5.41) is 1.43. The van der Waals surface area contributed by atoms with Crippen molar-refractivity contribution in [3.63, 3.8) is 0 Å². The van der Waals surface area contributed by atoms with E-state index in [-0.39, 0.29) is 5.91 Å². The Balaban J connectivity index is 1.52. The number of benzene rings is 2. The molecule has 0 radical (unpaired) electrons. The van der Waals surface area contributed by atoms with E-state index in [1.54, 1.807) is 11.0 Å². The second-order valence-corrected chi connectivity index (χ2v) is 9.26. The molecular formula is C21H14ClNO2S3. The van der Waals surface area contributed by atoms with Crippen LogP contribution in [-0.4, -0.2) is 10.2 Å². The lowest BCUT2D eigenvalue weighted by Crippen LogP contribution is -2.27. The van der Waals surface area contributed by atoms with Crippen molar-refractivity contribution in [2.24, 2.45) is 0 Å². The van der Waals surface area contributed by atoms with Crippen LogP contribution < -0.4 is 4.90 Å². The first-order valence-corrected chi connectivity index (χ1v) is 10.8. The summed E-state index contributed by atoms with van der Waals surface area (Å²) in [6, 6.07) is 19.0. The molecule has 7 heteroatoms. The molecular weight excluding hydrogens is 430 g/mol. The van der Waals surface area contributed by atoms with E-state index in [1.165, 1.54) is 23.5 Å². The summed E-state index contributed by atoms with van der Waals surface area (Å²) in [6.45, 7) is 2.00. The zero-order valence-electron chi connectivity index (χ0n) is 14.7. The van der Waals surface area contributed by atoms with Gasteiger partial charge in [0.15, 0.2) is 9.41 Å². The van der Waals surface area contributed by atoms with Crippen LogP contribution in [0, 0.1) is 6.92 Å². The summed E-state index contributed by atoms with van der Waals surface area (Å²) in [5.41, 5.74) is 1.90. The van der Waals surface area contributed by atoms with E-state index in [4.69, 9.17) is 28.2 Å². The minimum absolute atomic E-state index is 0.137. The van der Waals surface area contributed by atoms with Crippen LogP contribution in [0.15, 0.2) is 80.0 Å². The smallest absolute Gasteiger partial charge is 0.270 e. The SMILES string of the molecule is Cc1ccc(N2C(=O)/C(=C\c3ccc(Sc4ccc(Cl)cc4)o3)SC2=S)cc1. The van der Waals surface area contributed by atoms with Gasteiger partial charge in [-0.3, -0.25) is 9.69 Å². The molecule has 140 valence electrons. The number of halogens is 1. The van der Waals surface area contributed by atoms with Gasteiger partial charge >= 0.3 is 0 Å². The van der Waals surface area contributed by atoms with Crippen LogP contribution in [-0.2, 0) is 4.79 Å². The molecule has 28 heavy (non-hydrogen) atoms. The Labute approximate surface area is 181 Å². The molecule has 1 aliphatic rings. The van der Waals surface area contributed by atoms with Crippen LogP contribution in [0.4, 0.5) is 5.69 Å². The number of hydrogen-bond acceptors (Lipinski definition) is 5. The van der Waals surface area contributed by atoms with E-state index in [0.29, 0.717) is 20.0 Å². The van der Waals surface area contributed by atoms with Crippen molar-refractivity contribution in [2.45, 2.75) is 16.9 Å². The molecule has 0 unspecified atom stereocenters. The molecule has 0 spiro atoms. The Morgan fingerprint density at radius 1 is 1.07 bits per heavy atom.